The molecule has 0 spiro atoms. The van der Waals surface area contributed by atoms with Crippen LogP contribution >= 0.6 is 0 Å². The highest BCUT2D eigenvalue weighted by Crippen LogP contribution is 2.17. The summed E-state index contributed by atoms with van der Waals surface area (Å²) in [5, 5.41) is 2.69. The van der Waals surface area contributed by atoms with E-state index in [9.17, 15) is 9.59 Å². The molecule has 0 aliphatic carbocycles. The topological polar surface area (TPSA) is 55.9 Å². The summed E-state index contributed by atoms with van der Waals surface area (Å²) < 4.78 is 0. The highest BCUT2D eigenvalue weighted by Gasteiger charge is 2.33. The second-order valence-corrected chi connectivity index (χ2v) is 7.61. The molecule has 1 aromatic carbocycles. The first-order valence-corrected chi connectivity index (χ1v) is 9.60. The van der Waals surface area contributed by atoms with Gasteiger partial charge in [0, 0.05) is 45.8 Å². The van der Waals surface area contributed by atoms with E-state index in [2.05, 4.69) is 53.2 Å². The molecule has 2 fully saturated rings. The van der Waals surface area contributed by atoms with Gasteiger partial charge in [0.2, 0.25) is 5.91 Å². The van der Waals surface area contributed by atoms with Gasteiger partial charge in [-0.3, -0.25) is 19.5 Å². The second kappa shape index (κ2) is 8.18. The molecule has 2 saturated heterocycles. The van der Waals surface area contributed by atoms with Crippen LogP contribution in [0.1, 0.15) is 37.8 Å². The van der Waals surface area contributed by atoms with E-state index in [0.29, 0.717) is 19.0 Å². The first kappa shape index (κ1) is 18.9. The van der Waals surface area contributed by atoms with Crippen molar-refractivity contribution in [3.8, 4) is 0 Å². The van der Waals surface area contributed by atoms with Gasteiger partial charge in [0.15, 0.2) is 0 Å². The van der Waals surface area contributed by atoms with Gasteiger partial charge in [-0.1, -0.05) is 38.1 Å². The summed E-state index contributed by atoms with van der Waals surface area (Å²) in [5.41, 5.74) is 2.71. The minimum atomic E-state index is -0.259. The van der Waals surface area contributed by atoms with E-state index in [4.69, 9.17) is 0 Å². The molecule has 1 aromatic rings. The van der Waals surface area contributed by atoms with Gasteiger partial charge in [-0.2, -0.15) is 0 Å². The standard InChI is InChI=1S/C20H30N4O2/c1-15(2)18-6-4-17(5-7-18)14-22-10-12-23(13-11-22)16(3)19(25)24-9-8-21-20(24)26/h4-7,15-16H,8-14H2,1-3H3,(H,21,26)/t16-/m1/s1. The van der Waals surface area contributed by atoms with Gasteiger partial charge in [0.1, 0.15) is 0 Å². The molecule has 0 bridgehead atoms. The molecule has 2 aliphatic heterocycles. The average Bonchev–Trinajstić information content (AvgIpc) is 3.07. The van der Waals surface area contributed by atoms with Crippen molar-refractivity contribution in [3.63, 3.8) is 0 Å². The highest BCUT2D eigenvalue weighted by atomic mass is 16.2. The molecule has 0 saturated carbocycles. The Morgan fingerprint density at radius 1 is 1.04 bits per heavy atom. The van der Waals surface area contributed by atoms with Crippen LogP contribution in [0.15, 0.2) is 24.3 Å². The van der Waals surface area contributed by atoms with E-state index >= 15 is 0 Å². The molecule has 6 nitrogen and oxygen atoms in total. The number of hydrogen-bond donors (Lipinski definition) is 1. The lowest BCUT2D eigenvalue weighted by Crippen LogP contribution is -2.54. The molecule has 1 N–H and O–H groups in total. The zero-order valence-corrected chi connectivity index (χ0v) is 16.1. The average molecular weight is 358 g/mol. The maximum absolute atomic E-state index is 12.5. The van der Waals surface area contributed by atoms with Crippen LogP contribution in [-0.2, 0) is 11.3 Å². The molecular weight excluding hydrogens is 328 g/mol. The molecule has 0 aromatic heterocycles. The number of benzene rings is 1. The molecule has 2 heterocycles. The van der Waals surface area contributed by atoms with Gasteiger partial charge in [0.25, 0.3) is 0 Å². The molecule has 3 rings (SSSR count). The molecule has 142 valence electrons. The number of urea groups is 1. The second-order valence-electron chi connectivity index (χ2n) is 7.61. The van der Waals surface area contributed by atoms with Gasteiger partial charge in [-0.15, -0.1) is 0 Å². The summed E-state index contributed by atoms with van der Waals surface area (Å²) in [6.07, 6.45) is 0. The predicted molar refractivity (Wildman–Crippen MR) is 102 cm³/mol. The maximum Gasteiger partial charge on any atom is 0.324 e. The molecular formula is C20H30N4O2. The first-order chi connectivity index (χ1) is 12.5. The first-order valence-electron chi connectivity index (χ1n) is 9.60. The molecule has 0 unspecified atom stereocenters. The van der Waals surface area contributed by atoms with Crippen molar-refractivity contribution in [3.05, 3.63) is 35.4 Å². The van der Waals surface area contributed by atoms with Crippen molar-refractivity contribution < 1.29 is 9.59 Å². The molecule has 3 amide bonds. The largest absolute Gasteiger partial charge is 0.336 e. The lowest BCUT2D eigenvalue weighted by atomic mass is 10.0. The summed E-state index contributed by atoms with van der Waals surface area (Å²) in [5.74, 6) is 0.474. The SMILES string of the molecule is CC(C)c1ccc(CN2CCN([C@H](C)C(=O)N3CCNC3=O)CC2)cc1. The number of piperazine rings is 1. The van der Waals surface area contributed by atoms with E-state index in [1.807, 2.05) is 6.92 Å². The normalized spacial score (nSPS) is 20.5. The van der Waals surface area contributed by atoms with Crippen LogP contribution < -0.4 is 5.32 Å². The van der Waals surface area contributed by atoms with Crippen LogP contribution in [0.5, 0.6) is 0 Å². The molecule has 1 atom stereocenters. The van der Waals surface area contributed by atoms with E-state index in [1.54, 1.807) is 0 Å². The van der Waals surface area contributed by atoms with Crippen LogP contribution in [0.3, 0.4) is 0 Å². The fraction of sp³-hybridized carbons (Fsp3) is 0.600. The Morgan fingerprint density at radius 2 is 1.69 bits per heavy atom. The zero-order valence-electron chi connectivity index (χ0n) is 16.1. The summed E-state index contributed by atoms with van der Waals surface area (Å²) in [4.78, 5) is 30.2. The lowest BCUT2D eigenvalue weighted by Gasteiger charge is -2.38. The Labute approximate surface area is 156 Å². The third-order valence-corrected chi connectivity index (χ3v) is 5.49. The van der Waals surface area contributed by atoms with Crippen LogP contribution in [0.4, 0.5) is 4.79 Å². The van der Waals surface area contributed by atoms with Crippen LogP contribution in [0.25, 0.3) is 0 Å². The summed E-state index contributed by atoms with van der Waals surface area (Å²) in [7, 11) is 0. The minimum absolute atomic E-state index is 0.0854. The fourth-order valence-electron chi connectivity index (χ4n) is 3.64. The number of imide groups is 1. The maximum atomic E-state index is 12.5. The Bertz CT molecular complexity index is 636. The van der Waals surface area contributed by atoms with Gasteiger partial charge < -0.3 is 5.32 Å². The predicted octanol–water partition coefficient (Wildman–Crippen LogP) is 1.87. The van der Waals surface area contributed by atoms with E-state index in [1.165, 1.54) is 16.0 Å². The van der Waals surface area contributed by atoms with Crippen LogP contribution in [-0.4, -0.2) is 71.9 Å². The van der Waals surface area contributed by atoms with Crippen LogP contribution in [0, 0.1) is 0 Å². The van der Waals surface area contributed by atoms with Gasteiger partial charge >= 0.3 is 6.03 Å². The van der Waals surface area contributed by atoms with Crippen molar-refractivity contribution in [2.45, 2.75) is 39.3 Å². The van der Waals surface area contributed by atoms with Gasteiger partial charge in [-0.05, 0) is 24.0 Å². The smallest absolute Gasteiger partial charge is 0.324 e. The summed E-state index contributed by atoms with van der Waals surface area (Å²) in [6, 6.07) is 8.38. The van der Waals surface area contributed by atoms with Crippen molar-refractivity contribution in [1.82, 2.24) is 20.0 Å². The lowest BCUT2D eigenvalue weighted by molar-refractivity contribution is -0.133. The Balaban J connectivity index is 1.49. The number of rotatable bonds is 5. The quantitative estimate of drug-likeness (QED) is 0.873. The number of amides is 3. The minimum Gasteiger partial charge on any atom is -0.336 e. The van der Waals surface area contributed by atoms with Crippen molar-refractivity contribution in [2.75, 3.05) is 39.3 Å². The van der Waals surface area contributed by atoms with Crippen molar-refractivity contribution in [2.24, 2.45) is 0 Å². The molecule has 26 heavy (non-hydrogen) atoms. The molecule has 2 aliphatic rings. The van der Waals surface area contributed by atoms with E-state index in [-0.39, 0.29) is 18.0 Å². The van der Waals surface area contributed by atoms with E-state index in [0.717, 1.165) is 32.7 Å². The van der Waals surface area contributed by atoms with Crippen molar-refractivity contribution in [1.29, 1.82) is 0 Å². The van der Waals surface area contributed by atoms with E-state index < -0.39 is 0 Å². The fourth-order valence-corrected chi connectivity index (χ4v) is 3.64. The Kier molecular flexibility index (Phi) is 5.94. The monoisotopic (exact) mass is 358 g/mol. The number of carbonyl (C=O) groups is 2. The Hall–Kier alpha value is -1.92. The number of hydrogen-bond acceptors (Lipinski definition) is 4. The highest BCUT2D eigenvalue weighted by molar-refractivity contribution is 5.98. The third kappa shape index (κ3) is 4.24. The molecule has 0 radical (unpaired) electrons. The zero-order chi connectivity index (χ0) is 18.7. The summed E-state index contributed by atoms with van der Waals surface area (Å²) in [6.45, 7) is 11.9. The molecule has 6 heteroatoms. The Morgan fingerprint density at radius 3 is 2.23 bits per heavy atom. The van der Waals surface area contributed by atoms with Gasteiger partial charge in [0.05, 0.1) is 6.04 Å². The number of nitrogens with one attached hydrogen (secondary N) is 1. The number of carbonyl (C=O) groups excluding carboxylic acids is 2. The van der Waals surface area contributed by atoms with Gasteiger partial charge in [-0.25, -0.2) is 4.79 Å². The number of nitrogens with zero attached hydrogens (tertiary/aromatic N) is 3. The van der Waals surface area contributed by atoms with Crippen molar-refractivity contribution >= 4 is 11.9 Å². The third-order valence-electron chi connectivity index (χ3n) is 5.49. The van der Waals surface area contributed by atoms with Crippen LogP contribution in [0.2, 0.25) is 0 Å². The summed E-state index contributed by atoms with van der Waals surface area (Å²) >= 11 is 0.